The number of hydrogen-bond donors (Lipinski definition) is 1. The first kappa shape index (κ1) is 14.8. The molecule has 0 radical (unpaired) electrons. The van der Waals surface area contributed by atoms with Gasteiger partial charge in [-0.25, -0.2) is 4.79 Å². The van der Waals surface area contributed by atoms with Crippen molar-refractivity contribution in [3.05, 3.63) is 40.0 Å². The van der Waals surface area contributed by atoms with Crippen LogP contribution in [0.15, 0.2) is 18.2 Å². The molecule has 0 unspecified atom stereocenters. The van der Waals surface area contributed by atoms with E-state index in [9.17, 15) is 4.79 Å². The van der Waals surface area contributed by atoms with E-state index >= 15 is 0 Å². The van der Waals surface area contributed by atoms with Crippen LogP contribution in [0.2, 0.25) is 5.02 Å². The molecule has 20 heavy (non-hydrogen) atoms. The van der Waals surface area contributed by atoms with Crippen molar-refractivity contribution in [2.75, 3.05) is 11.9 Å². The van der Waals surface area contributed by atoms with Gasteiger partial charge in [-0.2, -0.15) is 4.37 Å². The number of esters is 1. The monoisotopic (exact) mass is 310 g/mol. The molecule has 0 atom stereocenters. The maximum atomic E-state index is 12.0. The topological polar surface area (TPSA) is 51.2 Å². The number of anilines is 2. The first-order chi connectivity index (χ1) is 9.52. The Morgan fingerprint density at radius 3 is 2.90 bits per heavy atom. The summed E-state index contributed by atoms with van der Waals surface area (Å²) >= 11 is 7.37. The molecule has 0 aliphatic heterocycles. The van der Waals surface area contributed by atoms with Gasteiger partial charge < -0.3 is 10.1 Å². The molecular formula is C14H15ClN2O2S. The fourth-order valence-corrected chi connectivity index (χ4v) is 2.72. The van der Waals surface area contributed by atoms with Crippen molar-refractivity contribution >= 4 is 39.8 Å². The number of carbonyl (C=O) groups is 1. The fourth-order valence-electron chi connectivity index (χ4n) is 1.76. The first-order valence-corrected chi connectivity index (χ1v) is 7.34. The molecule has 1 N–H and O–H groups in total. The molecule has 0 saturated heterocycles. The number of rotatable bonds is 4. The van der Waals surface area contributed by atoms with E-state index in [2.05, 4.69) is 9.69 Å². The summed E-state index contributed by atoms with van der Waals surface area (Å²) in [6.45, 7) is 5.87. The average Bonchev–Trinajstić information content (AvgIpc) is 2.75. The van der Waals surface area contributed by atoms with Crippen LogP contribution in [0.5, 0.6) is 0 Å². The molecule has 0 amide bonds. The van der Waals surface area contributed by atoms with E-state index < -0.39 is 0 Å². The van der Waals surface area contributed by atoms with E-state index in [0.717, 1.165) is 11.3 Å². The number of hydrogen-bond acceptors (Lipinski definition) is 5. The second-order valence-corrected chi connectivity index (χ2v) is 5.48. The van der Waals surface area contributed by atoms with Gasteiger partial charge in [0.15, 0.2) is 0 Å². The van der Waals surface area contributed by atoms with Crippen molar-refractivity contribution in [1.82, 2.24) is 4.37 Å². The summed E-state index contributed by atoms with van der Waals surface area (Å²) in [4.78, 5) is 12.0. The van der Waals surface area contributed by atoms with Crippen LogP contribution in [0.3, 0.4) is 0 Å². The molecule has 4 nitrogen and oxygen atoms in total. The van der Waals surface area contributed by atoms with Crippen LogP contribution in [0.1, 0.15) is 28.5 Å². The van der Waals surface area contributed by atoms with Crippen LogP contribution in [0.4, 0.5) is 10.7 Å². The van der Waals surface area contributed by atoms with Crippen LogP contribution >= 0.6 is 23.1 Å². The molecular weight excluding hydrogens is 296 g/mol. The third kappa shape index (κ3) is 3.11. The second-order valence-electron chi connectivity index (χ2n) is 4.30. The van der Waals surface area contributed by atoms with Crippen molar-refractivity contribution in [3.8, 4) is 0 Å². The summed E-state index contributed by atoms with van der Waals surface area (Å²) in [6.07, 6.45) is 0. The quantitative estimate of drug-likeness (QED) is 0.854. The highest BCUT2D eigenvalue weighted by Crippen LogP contribution is 2.32. The van der Waals surface area contributed by atoms with Crippen molar-refractivity contribution in [3.63, 3.8) is 0 Å². The predicted octanol–water partition coefficient (Wildman–Crippen LogP) is 4.33. The fraction of sp³-hybridized carbons (Fsp3) is 0.286. The average molecular weight is 311 g/mol. The maximum Gasteiger partial charge on any atom is 0.343 e. The number of aryl methyl sites for hydroxylation is 2. The van der Waals surface area contributed by atoms with Gasteiger partial charge in [0.2, 0.25) is 0 Å². The standard InChI is InChI=1S/C14H15ClN2O2S/c1-4-19-14(18)12-9(3)17-20-13(12)16-11-7-8(2)5-6-10(11)15/h5-7,16H,4H2,1-3H3. The predicted molar refractivity (Wildman–Crippen MR) is 82.3 cm³/mol. The van der Waals surface area contributed by atoms with E-state index in [-0.39, 0.29) is 5.97 Å². The molecule has 1 aromatic heterocycles. The van der Waals surface area contributed by atoms with Gasteiger partial charge in [0.05, 0.1) is 23.0 Å². The third-order valence-corrected chi connectivity index (χ3v) is 3.90. The zero-order valence-electron chi connectivity index (χ0n) is 11.5. The highest BCUT2D eigenvalue weighted by molar-refractivity contribution is 7.10. The highest BCUT2D eigenvalue weighted by atomic mass is 35.5. The van der Waals surface area contributed by atoms with Crippen LogP contribution in [0.25, 0.3) is 0 Å². The van der Waals surface area contributed by atoms with E-state index in [1.54, 1.807) is 13.8 Å². The Hall–Kier alpha value is -1.59. The minimum atomic E-state index is -0.370. The number of aromatic nitrogens is 1. The summed E-state index contributed by atoms with van der Waals surface area (Å²) in [5, 5.41) is 4.41. The van der Waals surface area contributed by atoms with Gasteiger partial charge in [-0.05, 0) is 50.0 Å². The maximum absolute atomic E-state index is 12.0. The Morgan fingerprint density at radius 1 is 1.45 bits per heavy atom. The molecule has 1 heterocycles. The number of nitrogens with one attached hydrogen (secondary N) is 1. The summed E-state index contributed by atoms with van der Waals surface area (Å²) in [7, 11) is 0. The molecule has 0 saturated carbocycles. The summed E-state index contributed by atoms with van der Waals surface area (Å²) in [5.74, 6) is -0.370. The van der Waals surface area contributed by atoms with E-state index in [1.165, 1.54) is 11.5 Å². The Kier molecular flexibility index (Phi) is 4.62. The van der Waals surface area contributed by atoms with Crippen LogP contribution < -0.4 is 5.32 Å². The molecule has 0 spiro atoms. The Bertz CT molecular complexity index is 640. The third-order valence-electron chi connectivity index (χ3n) is 2.71. The summed E-state index contributed by atoms with van der Waals surface area (Å²) in [5.41, 5.74) is 2.95. The van der Waals surface area contributed by atoms with Gasteiger partial charge in [0.25, 0.3) is 0 Å². The second kappa shape index (κ2) is 6.24. The number of halogens is 1. The van der Waals surface area contributed by atoms with Crippen LogP contribution in [-0.4, -0.2) is 16.9 Å². The van der Waals surface area contributed by atoms with Gasteiger partial charge >= 0.3 is 5.97 Å². The highest BCUT2D eigenvalue weighted by Gasteiger charge is 2.20. The van der Waals surface area contributed by atoms with Gasteiger partial charge in [-0.15, -0.1) is 0 Å². The zero-order chi connectivity index (χ0) is 14.7. The lowest BCUT2D eigenvalue weighted by Gasteiger charge is -2.09. The SMILES string of the molecule is CCOC(=O)c1c(C)nsc1Nc1cc(C)ccc1Cl. The lowest BCUT2D eigenvalue weighted by atomic mass is 10.2. The van der Waals surface area contributed by atoms with E-state index in [4.69, 9.17) is 16.3 Å². The smallest absolute Gasteiger partial charge is 0.343 e. The van der Waals surface area contributed by atoms with Crippen molar-refractivity contribution in [2.24, 2.45) is 0 Å². The van der Waals surface area contributed by atoms with Crippen LogP contribution in [0, 0.1) is 13.8 Å². The molecule has 6 heteroatoms. The molecule has 0 bridgehead atoms. The van der Waals surface area contributed by atoms with Crippen molar-refractivity contribution in [2.45, 2.75) is 20.8 Å². The Balaban J connectivity index is 2.34. The molecule has 2 aromatic rings. The Morgan fingerprint density at radius 2 is 2.20 bits per heavy atom. The molecule has 0 aliphatic carbocycles. The van der Waals surface area contributed by atoms with E-state index in [1.807, 2.05) is 25.1 Å². The molecule has 0 fully saturated rings. The van der Waals surface area contributed by atoms with Gasteiger partial charge in [-0.1, -0.05) is 17.7 Å². The van der Waals surface area contributed by atoms with Gasteiger partial charge in [-0.3, -0.25) is 0 Å². The molecule has 1 aromatic carbocycles. The number of nitrogens with zero attached hydrogens (tertiary/aromatic N) is 1. The minimum absolute atomic E-state index is 0.332. The zero-order valence-corrected chi connectivity index (χ0v) is 13.1. The first-order valence-electron chi connectivity index (χ1n) is 6.19. The van der Waals surface area contributed by atoms with Gasteiger partial charge in [0.1, 0.15) is 10.6 Å². The number of ether oxygens (including phenoxy) is 1. The van der Waals surface area contributed by atoms with Crippen molar-refractivity contribution < 1.29 is 9.53 Å². The lowest BCUT2D eigenvalue weighted by molar-refractivity contribution is 0.0527. The molecule has 2 rings (SSSR count). The van der Waals surface area contributed by atoms with E-state index in [0.29, 0.717) is 27.9 Å². The van der Waals surface area contributed by atoms with Crippen molar-refractivity contribution in [1.29, 1.82) is 0 Å². The normalized spacial score (nSPS) is 10.4. The summed E-state index contributed by atoms with van der Waals surface area (Å²) < 4.78 is 9.26. The number of benzene rings is 1. The minimum Gasteiger partial charge on any atom is -0.462 e. The number of carbonyl (C=O) groups excluding carboxylic acids is 1. The summed E-state index contributed by atoms with van der Waals surface area (Å²) in [6, 6.07) is 5.67. The largest absolute Gasteiger partial charge is 0.462 e. The molecule has 106 valence electrons. The van der Waals surface area contributed by atoms with Crippen LogP contribution in [-0.2, 0) is 4.74 Å². The molecule has 0 aliphatic rings. The lowest BCUT2D eigenvalue weighted by Crippen LogP contribution is -2.07. The Labute approximate surface area is 126 Å². The van der Waals surface area contributed by atoms with Gasteiger partial charge in [0, 0.05) is 0 Å².